The molecule has 1 heterocycles. The summed E-state index contributed by atoms with van der Waals surface area (Å²) in [6.45, 7) is 6.04. The molecule has 104 valence electrons. The van der Waals surface area contributed by atoms with Crippen LogP contribution in [0.25, 0.3) is 0 Å². The Morgan fingerprint density at radius 3 is 2.79 bits per heavy atom. The molecule has 0 aliphatic carbocycles. The summed E-state index contributed by atoms with van der Waals surface area (Å²) >= 11 is 5.90. The van der Waals surface area contributed by atoms with Crippen molar-refractivity contribution in [1.82, 2.24) is 4.90 Å². The summed E-state index contributed by atoms with van der Waals surface area (Å²) in [5.41, 5.74) is 1.29. The molecule has 2 rings (SSSR count). The van der Waals surface area contributed by atoms with Gasteiger partial charge in [-0.05, 0) is 50.4 Å². The van der Waals surface area contributed by atoms with Crippen molar-refractivity contribution in [3.8, 4) is 0 Å². The maximum Gasteiger partial charge on any atom is 0.323 e. The van der Waals surface area contributed by atoms with Gasteiger partial charge in [0.15, 0.2) is 0 Å². The van der Waals surface area contributed by atoms with Crippen LogP contribution in [0.3, 0.4) is 0 Å². The third kappa shape index (κ3) is 3.48. The lowest BCUT2D eigenvalue weighted by molar-refractivity contribution is -0.148. The van der Waals surface area contributed by atoms with Crippen molar-refractivity contribution >= 4 is 17.6 Å². The normalized spacial score (nSPS) is 21.3. The van der Waals surface area contributed by atoms with E-state index < -0.39 is 0 Å². The lowest BCUT2D eigenvalue weighted by Gasteiger charge is -2.22. The predicted molar refractivity (Wildman–Crippen MR) is 76.5 cm³/mol. The van der Waals surface area contributed by atoms with Crippen LogP contribution in [0, 0.1) is 0 Å². The maximum atomic E-state index is 11.7. The van der Waals surface area contributed by atoms with E-state index in [0.717, 1.165) is 24.5 Å². The van der Waals surface area contributed by atoms with Crippen LogP contribution in [0.2, 0.25) is 5.02 Å². The van der Waals surface area contributed by atoms with E-state index in [2.05, 4.69) is 17.0 Å². The molecule has 1 aromatic rings. The Morgan fingerprint density at radius 2 is 2.16 bits per heavy atom. The minimum atomic E-state index is -0.155. The van der Waals surface area contributed by atoms with Gasteiger partial charge in [0.1, 0.15) is 6.04 Å². The summed E-state index contributed by atoms with van der Waals surface area (Å²) in [6, 6.07) is 7.84. The molecule has 4 heteroatoms. The number of likely N-dealkylation sites (tertiary alicyclic amines) is 1. The quantitative estimate of drug-likeness (QED) is 0.795. The van der Waals surface area contributed by atoms with Crippen molar-refractivity contribution in [2.24, 2.45) is 0 Å². The zero-order valence-electron chi connectivity index (χ0n) is 11.4. The van der Waals surface area contributed by atoms with Gasteiger partial charge in [-0.25, -0.2) is 0 Å². The van der Waals surface area contributed by atoms with Crippen LogP contribution in [0.15, 0.2) is 24.3 Å². The average Bonchev–Trinajstić information content (AvgIpc) is 2.88. The molecule has 0 spiro atoms. The molecule has 1 aliphatic rings. The standard InChI is InChI=1S/C15H20ClNO2/c1-3-19-15(18)11(2)17-9-8-13(10-17)12-4-6-14(16)7-5-12/h4-7,11,13H,3,8-10H2,1-2H3. The highest BCUT2D eigenvalue weighted by Gasteiger charge is 2.30. The number of benzene rings is 1. The largest absolute Gasteiger partial charge is 0.465 e. The van der Waals surface area contributed by atoms with Crippen LogP contribution in [0.4, 0.5) is 0 Å². The zero-order chi connectivity index (χ0) is 13.8. The van der Waals surface area contributed by atoms with E-state index in [-0.39, 0.29) is 12.0 Å². The summed E-state index contributed by atoms with van der Waals surface area (Å²) in [6.07, 6.45) is 1.07. The molecule has 0 saturated carbocycles. The Hall–Kier alpha value is -1.06. The first-order valence-corrected chi connectivity index (χ1v) is 7.15. The van der Waals surface area contributed by atoms with Gasteiger partial charge in [-0.2, -0.15) is 0 Å². The highest BCUT2D eigenvalue weighted by molar-refractivity contribution is 6.30. The molecule has 19 heavy (non-hydrogen) atoms. The highest BCUT2D eigenvalue weighted by atomic mass is 35.5. The molecule has 3 nitrogen and oxygen atoms in total. The second kappa shape index (κ2) is 6.40. The molecule has 1 aliphatic heterocycles. The molecule has 2 atom stereocenters. The van der Waals surface area contributed by atoms with E-state index >= 15 is 0 Å². The van der Waals surface area contributed by atoms with E-state index in [1.54, 1.807) is 0 Å². The van der Waals surface area contributed by atoms with E-state index in [0.29, 0.717) is 12.5 Å². The second-order valence-corrected chi connectivity index (χ2v) is 5.40. The summed E-state index contributed by atoms with van der Waals surface area (Å²) in [4.78, 5) is 13.9. The third-order valence-electron chi connectivity index (χ3n) is 3.74. The van der Waals surface area contributed by atoms with Gasteiger partial charge in [0, 0.05) is 11.6 Å². The van der Waals surface area contributed by atoms with Gasteiger partial charge in [-0.15, -0.1) is 0 Å². The number of hydrogen-bond acceptors (Lipinski definition) is 3. The van der Waals surface area contributed by atoms with Crippen molar-refractivity contribution < 1.29 is 9.53 Å². The van der Waals surface area contributed by atoms with Crippen LogP contribution in [-0.4, -0.2) is 36.6 Å². The van der Waals surface area contributed by atoms with Gasteiger partial charge in [-0.3, -0.25) is 9.69 Å². The number of carbonyl (C=O) groups is 1. The molecule has 1 saturated heterocycles. The Balaban J connectivity index is 1.96. The SMILES string of the molecule is CCOC(=O)C(C)N1CCC(c2ccc(Cl)cc2)C1. The molecule has 0 amide bonds. The number of carbonyl (C=O) groups excluding carboxylic acids is 1. The first-order chi connectivity index (χ1) is 9.11. The molecule has 1 aromatic carbocycles. The van der Waals surface area contributed by atoms with E-state index in [1.165, 1.54) is 5.56 Å². The van der Waals surface area contributed by atoms with Gasteiger partial charge < -0.3 is 4.74 Å². The van der Waals surface area contributed by atoms with Crippen molar-refractivity contribution in [2.45, 2.75) is 32.2 Å². The summed E-state index contributed by atoms with van der Waals surface area (Å²) in [5, 5.41) is 0.762. The molecule has 0 N–H and O–H groups in total. The van der Waals surface area contributed by atoms with E-state index in [4.69, 9.17) is 16.3 Å². The van der Waals surface area contributed by atoms with E-state index in [9.17, 15) is 4.79 Å². The van der Waals surface area contributed by atoms with Gasteiger partial charge in [0.05, 0.1) is 6.61 Å². The fraction of sp³-hybridized carbons (Fsp3) is 0.533. The Bertz CT molecular complexity index is 432. The first-order valence-electron chi connectivity index (χ1n) is 6.78. The Labute approximate surface area is 119 Å². The van der Waals surface area contributed by atoms with Crippen LogP contribution in [0.1, 0.15) is 31.7 Å². The minimum Gasteiger partial charge on any atom is -0.465 e. The van der Waals surface area contributed by atoms with Crippen molar-refractivity contribution in [2.75, 3.05) is 19.7 Å². The molecular formula is C15H20ClNO2. The predicted octanol–water partition coefficient (Wildman–Crippen LogP) is 3.08. The number of rotatable bonds is 4. The highest BCUT2D eigenvalue weighted by Crippen LogP contribution is 2.29. The Morgan fingerprint density at radius 1 is 1.47 bits per heavy atom. The third-order valence-corrected chi connectivity index (χ3v) is 3.99. The minimum absolute atomic E-state index is 0.126. The lowest BCUT2D eigenvalue weighted by Crippen LogP contribution is -2.38. The van der Waals surface area contributed by atoms with Crippen LogP contribution in [-0.2, 0) is 9.53 Å². The maximum absolute atomic E-state index is 11.7. The van der Waals surface area contributed by atoms with E-state index in [1.807, 2.05) is 26.0 Å². The lowest BCUT2D eigenvalue weighted by atomic mass is 9.99. The van der Waals surface area contributed by atoms with Crippen molar-refractivity contribution in [3.63, 3.8) is 0 Å². The van der Waals surface area contributed by atoms with Crippen LogP contribution >= 0.6 is 11.6 Å². The number of halogens is 1. The number of hydrogen-bond donors (Lipinski definition) is 0. The smallest absolute Gasteiger partial charge is 0.323 e. The first kappa shape index (κ1) is 14.4. The number of esters is 1. The second-order valence-electron chi connectivity index (χ2n) is 4.96. The topological polar surface area (TPSA) is 29.5 Å². The van der Waals surface area contributed by atoms with Gasteiger partial charge in [-0.1, -0.05) is 23.7 Å². The average molecular weight is 282 g/mol. The van der Waals surface area contributed by atoms with Gasteiger partial charge >= 0.3 is 5.97 Å². The molecule has 1 fully saturated rings. The summed E-state index contributed by atoms with van der Waals surface area (Å²) in [7, 11) is 0. The molecule has 2 unspecified atom stereocenters. The van der Waals surface area contributed by atoms with Crippen LogP contribution < -0.4 is 0 Å². The molecule has 0 radical (unpaired) electrons. The summed E-state index contributed by atoms with van der Waals surface area (Å²) in [5.74, 6) is 0.355. The monoisotopic (exact) mass is 281 g/mol. The fourth-order valence-electron chi connectivity index (χ4n) is 2.56. The zero-order valence-corrected chi connectivity index (χ0v) is 12.2. The van der Waals surface area contributed by atoms with Crippen molar-refractivity contribution in [3.05, 3.63) is 34.9 Å². The molecule has 0 aromatic heterocycles. The fourth-order valence-corrected chi connectivity index (χ4v) is 2.68. The van der Waals surface area contributed by atoms with Gasteiger partial charge in [0.25, 0.3) is 0 Å². The number of nitrogens with zero attached hydrogens (tertiary/aromatic N) is 1. The van der Waals surface area contributed by atoms with Crippen molar-refractivity contribution in [1.29, 1.82) is 0 Å². The number of ether oxygens (including phenoxy) is 1. The Kier molecular flexibility index (Phi) is 4.83. The summed E-state index contributed by atoms with van der Waals surface area (Å²) < 4.78 is 5.07. The van der Waals surface area contributed by atoms with Gasteiger partial charge in [0.2, 0.25) is 0 Å². The molecular weight excluding hydrogens is 262 g/mol. The van der Waals surface area contributed by atoms with Crippen LogP contribution in [0.5, 0.6) is 0 Å². The molecule has 0 bridgehead atoms.